The van der Waals surface area contributed by atoms with Gasteiger partial charge in [0.25, 0.3) is 5.95 Å². The monoisotopic (exact) mass is 182 g/mol. The molecular weight excluding hydrogens is 176 g/mol. The van der Waals surface area contributed by atoms with Gasteiger partial charge in [-0.2, -0.15) is 0 Å². The quantitative estimate of drug-likeness (QED) is 0.553. The van der Waals surface area contributed by atoms with E-state index in [1.807, 2.05) is 0 Å². The number of rotatable bonds is 4. The first-order valence-electron chi connectivity index (χ1n) is 3.33. The van der Waals surface area contributed by atoms with Crippen molar-refractivity contribution in [3.63, 3.8) is 0 Å². The molecule has 0 amide bonds. The van der Waals surface area contributed by atoms with E-state index >= 15 is 0 Å². The average Bonchev–Trinajstić information content (AvgIpc) is 2.50. The van der Waals surface area contributed by atoms with Crippen molar-refractivity contribution in [3.05, 3.63) is 24.0 Å². The van der Waals surface area contributed by atoms with Gasteiger partial charge in [0.05, 0.1) is 0 Å². The first-order valence-corrected chi connectivity index (χ1v) is 3.33. The number of carboxylic acids is 1. The van der Waals surface area contributed by atoms with Gasteiger partial charge in [0.15, 0.2) is 0 Å². The molecule has 0 aliphatic heterocycles. The summed E-state index contributed by atoms with van der Waals surface area (Å²) in [6.45, 7) is 0.226. The molecule has 0 aliphatic rings. The maximum atomic E-state index is 10.1. The van der Waals surface area contributed by atoms with Crippen LogP contribution in [0.1, 0.15) is 5.76 Å². The lowest BCUT2D eigenvalue weighted by atomic mass is 10.4. The van der Waals surface area contributed by atoms with Crippen LogP contribution >= 0.6 is 0 Å². The summed E-state index contributed by atoms with van der Waals surface area (Å²) in [5.74, 6) is -0.742. The Bertz CT molecular complexity index is 336. The predicted molar refractivity (Wildman–Crippen MR) is 42.1 cm³/mol. The molecule has 0 bridgehead atoms. The summed E-state index contributed by atoms with van der Waals surface area (Å²) in [7, 11) is 0. The molecule has 0 unspecified atom stereocenters. The van der Waals surface area contributed by atoms with Crippen LogP contribution in [0.25, 0.3) is 6.08 Å². The molecule has 0 aliphatic carbocycles. The van der Waals surface area contributed by atoms with Crippen LogP contribution in [-0.2, 0) is 9.59 Å². The number of aliphatic carboxylic acids is 1. The molecule has 0 spiro atoms. The highest BCUT2D eigenvalue weighted by Gasteiger charge is 1.99. The van der Waals surface area contributed by atoms with E-state index < -0.39 is 5.97 Å². The zero-order valence-electron chi connectivity index (χ0n) is 6.47. The number of carbonyl (C=O) groups excluding carboxylic acids is 1. The fourth-order valence-corrected chi connectivity index (χ4v) is 0.688. The van der Waals surface area contributed by atoms with E-state index in [1.54, 1.807) is 0 Å². The van der Waals surface area contributed by atoms with Gasteiger partial charge >= 0.3 is 12.4 Å². The average molecular weight is 182 g/mol. The van der Waals surface area contributed by atoms with Crippen molar-refractivity contribution in [1.29, 1.82) is 0 Å². The minimum absolute atomic E-state index is 0.0278. The molecule has 0 fully saturated rings. The van der Waals surface area contributed by atoms with Gasteiger partial charge in [-0.25, -0.2) is 4.79 Å². The van der Waals surface area contributed by atoms with Crippen LogP contribution in [0.2, 0.25) is 0 Å². The third-order valence-electron chi connectivity index (χ3n) is 1.16. The summed E-state index contributed by atoms with van der Waals surface area (Å²) in [6, 6.07) is 2.90. The van der Waals surface area contributed by atoms with E-state index in [4.69, 9.17) is 9.52 Å². The Kier molecular flexibility index (Phi) is 2.86. The highest BCUT2D eigenvalue weighted by Crippen LogP contribution is 2.16. The molecule has 0 radical (unpaired) electrons. The van der Waals surface area contributed by atoms with Crippen LogP contribution in [-0.4, -0.2) is 17.5 Å². The van der Waals surface area contributed by atoms with Crippen LogP contribution in [0.3, 0.4) is 0 Å². The van der Waals surface area contributed by atoms with Crippen molar-refractivity contribution < 1.29 is 23.8 Å². The second kappa shape index (κ2) is 4.10. The zero-order valence-corrected chi connectivity index (χ0v) is 6.47. The van der Waals surface area contributed by atoms with Gasteiger partial charge < -0.3 is 14.3 Å². The van der Waals surface area contributed by atoms with Gasteiger partial charge in [-0.15, -0.1) is 0 Å². The van der Waals surface area contributed by atoms with E-state index in [2.05, 4.69) is 4.74 Å². The number of carboxylic acid groups (broad SMARTS) is 1. The Labute approximate surface area is 73.2 Å². The molecule has 68 valence electrons. The fraction of sp³-hybridized carbons (Fsp3) is 0. The maximum absolute atomic E-state index is 10.1. The second-order valence-corrected chi connectivity index (χ2v) is 2.04. The SMILES string of the molecule is O=COc1ccc(/C=C/C(=O)O)o1. The summed E-state index contributed by atoms with van der Waals surface area (Å²) < 4.78 is 9.24. The van der Waals surface area contributed by atoms with Gasteiger partial charge in [-0.3, -0.25) is 4.79 Å². The van der Waals surface area contributed by atoms with Gasteiger partial charge in [0.1, 0.15) is 5.76 Å². The lowest BCUT2D eigenvalue weighted by Gasteiger charge is -1.87. The smallest absolute Gasteiger partial charge is 0.328 e. The van der Waals surface area contributed by atoms with E-state index in [-0.39, 0.29) is 12.4 Å². The van der Waals surface area contributed by atoms with Crippen molar-refractivity contribution in [1.82, 2.24) is 0 Å². The number of furan rings is 1. The van der Waals surface area contributed by atoms with Crippen LogP contribution in [0, 0.1) is 0 Å². The second-order valence-electron chi connectivity index (χ2n) is 2.04. The molecule has 5 heteroatoms. The summed E-state index contributed by atoms with van der Waals surface area (Å²) in [6.07, 6.45) is 2.17. The summed E-state index contributed by atoms with van der Waals surface area (Å²) >= 11 is 0. The van der Waals surface area contributed by atoms with E-state index in [1.165, 1.54) is 18.2 Å². The third-order valence-corrected chi connectivity index (χ3v) is 1.16. The van der Waals surface area contributed by atoms with Crippen molar-refractivity contribution in [2.45, 2.75) is 0 Å². The lowest BCUT2D eigenvalue weighted by Crippen LogP contribution is -1.85. The number of hydrogen-bond acceptors (Lipinski definition) is 4. The molecule has 1 aromatic rings. The van der Waals surface area contributed by atoms with Gasteiger partial charge in [-0.1, -0.05) is 0 Å². The highest BCUT2D eigenvalue weighted by atomic mass is 16.6. The standard InChI is InChI=1S/C8H6O5/c9-5-12-8-4-2-6(13-8)1-3-7(10)11/h1-5H,(H,10,11)/b3-1+. The minimum Gasteiger partial charge on any atom is -0.478 e. The molecular formula is C8H6O5. The molecule has 5 nitrogen and oxygen atoms in total. The normalized spacial score (nSPS) is 10.2. The molecule has 1 N–H and O–H groups in total. The van der Waals surface area contributed by atoms with Crippen LogP contribution in [0.5, 0.6) is 5.95 Å². The predicted octanol–water partition coefficient (Wildman–Crippen LogP) is 0.913. The third kappa shape index (κ3) is 2.82. The Hall–Kier alpha value is -2.04. The van der Waals surface area contributed by atoms with E-state index in [0.717, 1.165) is 6.08 Å². The van der Waals surface area contributed by atoms with Crippen molar-refractivity contribution >= 4 is 18.5 Å². The minimum atomic E-state index is -1.07. The Morgan fingerprint density at radius 1 is 1.54 bits per heavy atom. The Morgan fingerprint density at radius 3 is 2.92 bits per heavy atom. The summed E-state index contributed by atoms with van der Waals surface area (Å²) in [5, 5.41) is 8.27. The number of hydrogen-bond donors (Lipinski definition) is 1. The number of carbonyl (C=O) groups is 2. The molecule has 13 heavy (non-hydrogen) atoms. The van der Waals surface area contributed by atoms with Crippen molar-refractivity contribution in [3.8, 4) is 5.95 Å². The van der Waals surface area contributed by atoms with Crippen LogP contribution in [0.4, 0.5) is 0 Å². The number of ether oxygens (including phenoxy) is 1. The van der Waals surface area contributed by atoms with Gasteiger partial charge in [0, 0.05) is 12.1 Å². The molecule has 0 atom stereocenters. The van der Waals surface area contributed by atoms with E-state index in [0.29, 0.717) is 5.76 Å². The molecule has 0 aromatic carbocycles. The first kappa shape index (κ1) is 9.05. The highest BCUT2D eigenvalue weighted by molar-refractivity contribution is 5.84. The molecule has 1 rings (SSSR count). The van der Waals surface area contributed by atoms with Gasteiger partial charge in [-0.05, 0) is 12.1 Å². The molecule has 1 heterocycles. The van der Waals surface area contributed by atoms with Crippen LogP contribution in [0.15, 0.2) is 22.6 Å². The first-order chi connectivity index (χ1) is 6.22. The summed E-state index contributed by atoms with van der Waals surface area (Å²) in [5.41, 5.74) is 0. The summed E-state index contributed by atoms with van der Waals surface area (Å²) in [4.78, 5) is 19.9. The fourth-order valence-electron chi connectivity index (χ4n) is 0.688. The molecule has 0 saturated carbocycles. The molecule has 0 saturated heterocycles. The van der Waals surface area contributed by atoms with Crippen molar-refractivity contribution in [2.24, 2.45) is 0 Å². The van der Waals surface area contributed by atoms with Crippen LogP contribution < -0.4 is 4.74 Å². The van der Waals surface area contributed by atoms with Crippen molar-refractivity contribution in [2.75, 3.05) is 0 Å². The molecule has 1 aromatic heterocycles. The largest absolute Gasteiger partial charge is 0.478 e. The maximum Gasteiger partial charge on any atom is 0.328 e. The lowest BCUT2D eigenvalue weighted by molar-refractivity contribution is -0.131. The zero-order chi connectivity index (χ0) is 9.68. The van der Waals surface area contributed by atoms with Gasteiger partial charge in [0.2, 0.25) is 0 Å². The van der Waals surface area contributed by atoms with E-state index in [9.17, 15) is 9.59 Å². The Morgan fingerprint density at radius 2 is 2.31 bits per heavy atom. The topological polar surface area (TPSA) is 76.7 Å². The Balaban J connectivity index is 2.68.